The maximum atomic E-state index is 6.40. The first-order chi connectivity index (χ1) is 10.8. The van der Waals surface area contributed by atoms with Gasteiger partial charge in [-0.3, -0.25) is 0 Å². The Balaban J connectivity index is 1.66. The molecule has 0 aliphatic heterocycles. The van der Waals surface area contributed by atoms with Gasteiger partial charge in [-0.15, -0.1) is 10.2 Å². The molecule has 0 radical (unpaired) electrons. The molecular weight excluding hydrogens is 300 g/mol. The fourth-order valence-corrected chi connectivity index (χ4v) is 2.64. The smallest absolute Gasteiger partial charge is 0.223 e. The monoisotopic (exact) mass is 312 g/mol. The van der Waals surface area contributed by atoms with Crippen molar-refractivity contribution in [1.29, 1.82) is 0 Å². The largest absolute Gasteiger partial charge is 0.237 e. The molecule has 1 saturated carbocycles. The zero-order chi connectivity index (χ0) is 14.9. The molecule has 0 atom stereocenters. The molecule has 1 fully saturated rings. The minimum Gasteiger partial charge on any atom is -0.237 e. The van der Waals surface area contributed by atoms with Gasteiger partial charge in [0.25, 0.3) is 0 Å². The van der Waals surface area contributed by atoms with E-state index >= 15 is 0 Å². The van der Waals surface area contributed by atoms with Crippen molar-refractivity contribution < 1.29 is 0 Å². The molecule has 1 N–H and O–H groups in total. The van der Waals surface area contributed by atoms with Gasteiger partial charge < -0.3 is 0 Å². The molecule has 1 aliphatic rings. The van der Waals surface area contributed by atoms with E-state index in [2.05, 4.69) is 36.7 Å². The minimum atomic E-state index is 0.445. The van der Waals surface area contributed by atoms with Crippen molar-refractivity contribution in [3.05, 3.63) is 41.0 Å². The van der Waals surface area contributed by atoms with Crippen molar-refractivity contribution in [3.8, 4) is 22.9 Å². The lowest BCUT2D eigenvalue weighted by Crippen LogP contribution is -1.94. The van der Waals surface area contributed by atoms with Gasteiger partial charge in [0.1, 0.15) is 5.69 Å². The second-order valence-electron chi connectivity index (χ2n) is 5.45. The first kappa shape index (κ1) is 13.3. The second-order valence-corrected chi connectivity index (χ2v) is 5.86. The van der Waals surface area contributed by atoms with Gasteiger partial charge in [-0.05, 0) is 48.1 Å². The molecule has 2 aromatic heterocycles. The Morgan fingerprint density at radius 2 is 2.09 bits per heavy atom. The Morgan fingerprint density at radius 1 is 1.18 bits per heavy atom. The Bertz CT molecular complexity index is 798. The quantitative estimate of drug-likeness (QED) is 0.801. The number of benzene rings is 1. The maximum absolute atomic E-state index is 6.40. The summed E-state index contributed by atoms with van der Waals surface area (Å²) in [5, 5.41) is 14.6. The summed E-state index contributed by atoms with van der Waals surface area (Å²) in [6, 6.07) is 7.76. The molecule has 3 aromatic rings. The van der Waals surface area contributed by atoms with Gasteiger partial charge >= 0.3 is 0 Å². The van der Waals surface area contributed by atoms with E-state index in [0.29, 0.717) is 17.3 Å². The SMILES string of the molecule is Clc1cc(-c2nccc(-c3nn[nH]n3)n2)ccc1CC1CC1. The first-order valence-electron chi connectivity index (χ1n) is 7.15. The summed E-state index contributed by atoms with van der Waals surface area (Å²) in [5.74, 6) is 1.85. The van der Waals surface area contributed by atoms with Gasteiger partial charge in [0.2, 0.25) is 5.82 Å². The molecule has 6 nitrogen and oxygen atoms in total. The van der Waals surface area contributed by atoms with Crippen LogP contribution in [0.25, 0.3) is 22.9 Å². The fraction of sp³-hybridized carbons (Fsp3) is 0.267. The van der Waals surface area contributed by atoms with Crippen molar-refractivity contribution in [1.82, 2.24) is 30.6 Å². The standard InChI is InChI=1S/C15H13ClN6/c16-12-8-11(4-3-10(12)7-9-1-2-9)14-17-6-5-13(18-14)15-19-21-22-20-15/h3-6,8-9H,1-2,7H2,(H,19,20,21,22). The highest BCUT2D eigenvalue weighted by atomic mass is 35.5. The third-order valence-corrected chi connectivity index (χ3v) is 4.10. The normalized spacial score (nSPS) is 14.2. The van der Waals surface area contributed by atoms with Crippen LogP contribution in [0.2, 0.25) is 5.02 Å². The first-order valence-corrected chi connectivity index (χ1v) is 7.53. The van der Waals surface area contributed by atoms with E-state index in [1.54, 1.807) is 12.3 Å². The van der Waals surface area contributed by atoms with E-state index in [0.717, 1.165) is 22.9 Å². The molecule has 1 aliphatic carbocycles. The predicted molar refractivity (Wildman–Crippen MR) is 82.1 cm³/mol. The maximum Gasteiger partial charge on any atom is 0.223 e. The van der Waals surface area contributed by atoms with Crippen molar-refractivity contribution >= 4 is 11.6 Å². The molecule has 110 valence electrons. The number of aromatic amines is 1. The van der Waals surface area contributed by atoms with Crippen molar-refractivity contribution in [2.24, 2.45) is 5.92 Å². The number of nitrogens with one attached hydrogen (secondary N) is 1. The van der Waals surface area contributed by atoms with Crippen LogP contribution in [0.3, 0.4) is 0 Å². The molecule has 1 aromatic carbocycles. The summed E-state index contributed by atoms with van der Waals surface area (Å²) in [4.78, 5) is 8.78. The van der Waals surface area contributed by atoms with E-state index in [4.69, 9.17) is 11.6 Å². The number of hydrogen-bond donors (Lipinski definition) is 1. The third kappa shape index (κ3) is 2.69. The van der Waals surface area contributed by atoms with Crippen molar-refractivity contribution in [2.45, 2.75) is 19.3 Å². The summed E-state index contributed by atoms with van der Waals surface area (Å²) in [6.45, 7) is 0. The molecule has 0 unspecified atom stereocenters. The van der Waals surface area contributed by atoms with Crippen LogP contribution in [0.15, 0.2) is 30.5 Å². The average Bonchev–Trinajstić information content (AvgIpc) is 3.19. The zero-order valence-corrected chi connectivity index (χ0v) is 12.5. The average molecular weight is 313 g/mol. The van der Waals surface area contributed by atoms with Gasteiger partial charge in [0.15, 0.2) is 5.82 Å². The zero-order valence-electron chi connectivity index (χ0n) is 11.7. The van der Waals surface area contributed by atoms with Gasteiger partial charge in [-0.2, -0.15) is 5.21 Å². The number of H-pyrrole nitrogens is 1. The summed E-state index contributed by atoms with van der Waals surface area (Å²) in [5.41, 5.74) is 2.70. The van der Waals surface area contributed by atoms with E-state index in [-0.39, 0.29) is 0 Å². The van der Waals surface area contributed by atoms with Crippen LogP contribution >= 0.6 is 11.6 Å². The van der Waals surface area contributed by atoms with Gasteiger partial charge in [-0.1, -0.05) is 23.7 Å². The Morgan fingerprint density at radius 3 is 2.82 bits per heavy atom. The van der Waals surface area contributed by atoms with Crippen LogP contribution in [0.5, 0.6) is 0 Å². The lowest BCUT2D eigenvalue weighted by molar-refractivity contribution is 0.833. The molecule has 7 heteroatoms. The van der Waals surface area contributed by atoms with Gasteiger partial charge in [-0.25, -0.2) is 9.97 Å². The summed E-state index contributed by atoms with van der Waals surface area (Å²) >= 11 is 6.40. The second kappa shape index (κ2) is 5.46. The summed E-state index contributed by atoms with van der Waals surface area (Å²) in [6.07, 6.45) is 5.37. The fourth-order valence-electron chi connectivity index (χ4n) is 2.38. The van der Waals surface area contributed by atoms with E-state index < -0.39 is 0 Å². The van der Waals surface area contributed by atoms with Crippen LogP contribution in [0, 0.1) is 5.92 Å². The minimum absolute atomic E-state index is 0.445. The Hall–Kier alpha value is -2.34. The van der Waals surface area contributed by atoms with Crippen LogP contribution < -0.4 is 0 Å². The summed E-state index contributed by atoms with van der Waals surface area (Å²) in [7, 11) is 0. The lowest BCUT2D eigenvalue weighted by atomic mass is 10.1. The molecule has 0 spiro atoms. The Kier molecular flexibility index (Phi) is 3.31. The molecule has 2 heterocycles. The topological polar surface area (TPSA) is 80.2 Å². The van der Waals surface area contributed by atoms with E-state index in [1.165, 1.54) is 18.4 Å². The number of halogens is 1. The highest BCUT2D eigenvalue weighted by Crippen LogP contribution is 2.35. The van der Waals surface area contributed by atoms with Gasteiger partial charge in [0.05, 0.1) is 0 Å². The number of nitrogens with zero attached hydrogens (tertiary/aromatic N) is 5. The molecule has 0 saturated heterocycles. The summed E-state index contributed by atoms with van der Waals surface area (Å²) < 4.78 is 0. The number of tetrazole rings is 1. The highest BCUT2D eigenvalue weighted by Gasteiger charge is 2.22. The van der Waals surface area contributed by atoms with Crippen molar-refractivity contribution in [2.75, 3.05) is 0 Å². The molecule has 0 amide bonds. The lowest BCUT2D eigenvalue weighted by Gasteiger charge is -2.06. The van der Waals surface area contributed by atoms with Crippen LogP contribution in [-0.4, -0.2) is 30.6 Å². The van der Waals surface area contributed by atoms with Crippen molar-refractivity contribution in [3.63, 3.8) is 0 Å². The molecule has 4 rings (SSSR count). The molecule has 0 bridgehead atoms. The highest BCUT2D eigenvalue weighted by molar-refractivity contribution is 6.31. The number of rotatable bonds is 4. The molecule has 22 heavy (non-hydrogen) atoms. The van der Waals surface area contributed by atoms with Crippen LogP contribution in [0.4, 0.5) is 0 Å². The Labute approximate surface area is 132 Å². The van der Waals surface area contributed by atoms with Crippen LogP contribution in [0.1, 0.15) is 18.4 Å². The number of aromatic nitrogens is 6. The van der Waals surface area contributed by atoms with E-state index in [1.807, 2.05) is 12.1 Å². The third-order valence-electron chi connectivity index (χ3n) is 3.75. The van der Waals surface area contributed by atoms with E-state index in [9.17, 15) is 0 Å². The number of hydrogen-bond acceptors (Lipinski definition) is 5. The molecular formula is C15H13ClN6. The van der Waals surface area contributed by atoms with Gasteiger partial charge in [0, 0.05) is 16.8 Å². The van der Waals surface area contributed by atoms with Crippen LogP contribution in [-0.2, 0) is 6.42 Å². The predicted octanol–water partition coefficient (Wildman–Crippen LogP) is 2.93.